The van der Waals surface area contributed by atoms with Crippen LogP contribution in [0.25, 0.3) is 0 Å². The second-order valence-corrected chi connectivity index (χ2v) is 8.22. The lowest BCUT2D eigenvalue weighted by molar-refractivity contribution is 0.102. The molecule has 0 fully saturated rings. The Labute approximate surface area is 165 Å². The quantitative estimate of drug-likeness (QED) is 0.671. The summed E-state index contributed by atoms with van der Waals surface area (Å²) in [5.41, 5.74) is 2.61. The second-order valence-electron chi connectivity index (χ2n) is 6.35. The highest BCUT2D eigenvalue weighted by atomic mass is 32.2. The van der Waals surface area contributed by atoms with Crippen LogP contribution in [0.4, 0.5) is 11.4 Å². The number of hydrogen-bond acceptors (Lipinski definition) is 3. The topological polar surface area (TPSA) is 66.5 Å². The van der Waals surface area contributed by atoms with Crippen LogP contribution in [0, 0.1) is 6.92 Å². The molecule has 0 aliphatic carbocycles. The average Bonchev–Trinajstić information content (AvgIpc) is 2.71. The van der Waals surface area contributed by atoms with Gasteiger partial charge < -0.3 is 5.32 Å². The Morgan fingerprint density at radius 3 is 2.25 bits per heavy atom. The Balaban J connectivity index is 1.89. The molecule has 0 aliphatic rings. The summed E-state index contributed by atoms with van der Waals surface area (Å²) in [4.78, 5) is 12.6. The number of carbonyl (C=O) groups excluding carboxylic acids is 1. The van der Waals surface area contributed by atoms with E-state index in [2.05, 4.69) is 5.32 Å². The van der Waals surface area contributed by atoms with Crippen molar-refractivity contribution in [3.63, 3.8) is 0 Å². The number of anilines is 2. The zero-order valence-corrected chi connectivity index (χ0v) is 16.6. The predicted octanol–water partition coefficient (Wildman–Crippen LogP) is 4.46. The van der Waals surface area contributed by atoms with Crippen molar-refractivity contribution in [2.24, 2.45) is 0 Å². The molecule has 0 bridgehead atoms. The summed E-state index contributed by atoms with van der Waals surface area (Å²) in [6, 6.07) is 22.4. The molecule has 3 rings (SSSR count). The third-order valence-electron chi connectivity index (χ3n) is 4.33. The number of sulfonamides is 1. The highest BCUT2D eigenvalue weighted by Gasteiger charge is 2.24. The third kappa shape index (κ3) is 4.23. The van der Waals surface area contributed by atoms with Crippen molar-refractivity contribution >= 4 is 27.3 Å². The highest BCUT2D eigenvalue weighted by Crippen LogP contribution is 2.24. The van der Waals surface area contributed by atoms with Gasteiger partial charge in [-0.2, -0.15) is 0 Å². The van der Waals surface area contributed by atoms with Crippen LogP contribution >= 0.6 is 0 Å². The second kappa shape index (κ2) is 8.27. The van der Waals surface area contributed by atoms with Crippen molar-refractivity contribution in [3.05, 3.63) is 90.0 Å². The molecule has 0 heterocycles. The van der Waals surface area contributed by atoms with Gasteiger partial charge in [-0.3, -0.25) is 9.10 Å². The number of rotatable bonds is 6. The SMILES string of the molecule is CCN(c1ccccc1)S(=O)(=O)c1cccc(C(=O)Nc2ccc(C)cc2)c1. The maximum absolute atomic E-state index is 13.1. The van der Waals surface area contributed by atoms with Gasteiger partial charge >= 0.3 is 0 Å². The van der Waals surface area contributed by atoms with Crippen LogP contribution in [0.3, 0.4) is 0 Å². The summed E-state index contributed by atoms with van der Waals surface area (Å²) in [5.74, 6) is -0.358. The van der Waals surface area contributed by atoms with Gasteiger partial charge in [0.05, 0.1) is 10.6 Å². The van der Waals surface area contributed by atoms with E-state index in [-0.39, 0.29) is 22.9 Å². The van der Waals surface area contributed by atoms with Crippen molar-refractivity contribution in [3.8, 4) is 0 Å². The number of amides is 1. The molecule has 144 valence electrons. The van der Waals surface area contributed by atoms with Crippen LogP contribution in [-0.2, 0) is 10.0 Å². The molecule has 3 aromatic carbocycles. The molecule has 0 atom stereocenters. The van der Waals surface area contributed by atoms with E-state index in [9.17, 15) is 13.2 Å². The molecule has 28 heavy (non-hydrogen) atoms. The number of nitrogens with one attached hydrogen (secondary N) is 1. The number of aryl methyl sites for hydroxylation is 1. The summed E-state index contributed by atoms with van der Waals surface area (Å²) in [5, 5.41) is 2.79. The Morgan fingerprint density at radius 2 is 1.61 bits per heavy atom. The Morgan fingerprint density at radius 1 is 0.929 bits per heavy atom. The van der Waals surface area contributed by atoms with Crippen LogP contribution < -0.4 is 9.62 Å². The summed E-state index contributed by atoms with van der Waals surface area (Å²) >= 11 is 0. The van der Waals surface area contributed by atoms with Crippen LogP contribution in [0.15, 0.2) is 83.8 Å². The number of hydrogen-bond donors (Lipinski definition) is 1. The number of benzene rings is 3. The fourth-order valence-electron chi connectivity index (χ4n) is 2.85. The lowest BCUT2D eigenvalue weighted by Gasteiger charge is -2.23. The van der Waals surface area contributed by atoms with Crippen LogP contribution in [0.2, 0.25) is 0 Å². The normalized spacial score (nSPS) is 11.1. The van der Waals surface area contributed by atoms with E-state index < -0.39 is 10.0 Å². The Kier molecular flexibility index (Phi) is 5.80. The van der Waals surface area contributed by atoms with Crippen LogP contribution in [0.1, 0.15) is 22.8 Å². The van der Waals surface area contributed by atoms with Crippen molar-refractivity contribution < 1.29 is 13.2 Å². The zero-order valence-electron chi connectivity index (χ0n) is 15.8. The standard InChI is InChI=1S/C22H22N2O3S/c1-3-24(20-9-5-4-6-10-20)28(26,27)21-11-7-8-18(16-21)22(25)23-19-14-12-17(2)13-15-19/h4-16H,3H2,1-2H3,(H,23,25). The minimum absolute atomic E-state index is 0.0785. The minimum Gasteiger partial charge on any atom is -0.322 e. The zero-order chi connectivity index (χ0) is 20.1. The number of carbonyl (C=O) groups is 1. The summed E-state index contributed by atoms with van der Waals surface area (Å²) < 4.78 is 27.6. The fraction of sp³-hybridized carbons (Fsp3) is 0.136. The fourth-order valence-corrected chi connectivity index (χ4v) is 4.37. The molecule has 1 N–H and O–H groups in total. The van der Waals surface area contributed by atoms with E-state index in [0.717, 1.165) is 5.56 Å². The van der Waals surface area contributed by atoms with Crippen LogP contribution in [-0.4, -0.2) is 20.9 Å². The van der Waals surface area contributed by atoms with E-state index >= 15 is 0 Å². The molecule has 0 spiro atoms. The van der Waals surface area contributed by atoms with Gasteiger partial charge in [0.25, 0.3) is 15.9 Å². The molecule has 0 saturated carbocycles. The average molecular weight is 394 g/mol. The lowest BCUT2D eigenvalue weighted by atomic mass is 10.2. The van der Waals surface area contributed by atoms with Crippen molar-refractivity contribution in [1.29, 1.82) is 0 Å². The Bertz CT molecular complexity index is 1060. The lowest BCUT2D eigenvalue weighted by Crippen LogP contribution is -2.30. The molecule has 6 heteroatoms. The van der Waals surface area contributed by atoms with Gasteiger partial charge in [0.2, 0.25) is 0 Å². The van der Waals surface area contributed by atoms with E-state index in [1.54, 1.807) is 43.3 Å². The first-order chi connectivity index (χ1) is 13.4. The molecular weight excluding hydrogens is 372 g/mol. The molecule has 0 saturated heterocycles. The molecule has 0 aromatic heterocycles. The molecule has 0 unspecified atom stereocenters. The smallest absolute Gasteiger partial charge is 0.264 e. The maximum atomic E-state index is 13.1. The van der Waals surface area contributed by atoms with Gasteiger partial charge in [0.1, 0.15) is 0 Å². The first-order valence-electron chi connectivity index (χ1n) is 8.97. The van der Waals surface area contributed by atoms with Crippen molar-refractivity contribution in [2.75, 3.05) is 16.2 Å². The summed E-state index contributed by atoms with van der Waals surface area (Å²) in [6.45, 7) is 4.02. The number of nitrogens with zero attached hydrogens (tertiary/aromatic N) is 1. The van der Waals surface area contributed by atoms with E-state index in [1.165, 1.54) is 16.4 Å². The summed E-state index contributed by atoms with van der Waals surface area (Å²) in [7, 11) is -3.79. The molecular formula is C22H22N2O3S. The Hall–Kier alpha value is -3.12. The van der Waals surface area contributed by atoms with Gasteiger partial charge in [-0.15, -0.1) is 0 Å². The molecule has 3 aromatic rings. The summed E-state index contributed by atoms with van der Waals surface area (Å²) in [6.07, 6.45) is 0. The first-order valence-corrected chi connectivity index (χ1v) is 10.4. The molecule has 5 nitrogen and oxygen atoms in total. The van der Waals surface area contributed by atoms with Gasteiger partial charge in [-0.1, -0.05) is 42.0 Å². The highest BCUT2D eigenvalue weighted by molar-refractivity contribution is 7.92. The van der Waals surface area contributed by atoms with Crippen molar-refractivity contribution in [2.45, 2.75) is 18.7 Å². The monoisotopic (exact) mass is 394 g/mol. The predicted molar refractivity (Wildman–Crippen MR) is 112 cm³/mol. The third-order valence-corrected chi connectivity index (χ3v) is 6.22. The van der Waals surface area contributed by atoms with Gasteiger partial charge in [0.15, 0.2) is 0 Å². The van der Waals surface area contributed by atoms with Gasteiger partial charge in [0, 0.05) is 17.8 Å². The van der Waals surface area contributed by atoms with Crippen LogP contribution in [0.5, 0.6) is 0 Å². The molecule has 0 radical (unpaired) electrons. The van der Waals surface area contributed by atoms with Gasteiger partial charge in [-0.25, -0.2) is 8.42 Å². The van der Waals surface area contributed by atoms with E-state index in [4.69, 9.17) is 0 Å². The first kappa shape index (κ1) is 19.6. The van der Waals surface area contributed by atoms with E-state index in [1.807, 2.05) is 37.3 Å². The molecule has 0 aliphatic heterocycles. The number of para-hydroxylation sites is 1. The largest absolute Gasteiger partial charge is 0.322 e. The van der Waals surface area contributed by atoms with Crippen molar-refractivity contribution in [1.82, 2.24) is 0 Å². The van der Waals surface area contributed by atoms with Gasteiger partial charge in [-0.05, 0) is 56.3 Å². The molecule has 1 amide bonds. The minimum atomic E-state index is -3.79. The maximum Gasteiger partial charge on any atom is 0.264 e. The van der Waals surface area contributed by atoms with E-state index in [0.29, 0.717) is 11.4 Å².